The van der Waals surface area contributed by atoms with Crippen LogP contribution in [0.15, 0.2) is 30.5 Å². The van der Waals surface area contributed by atoms with E-state index < -0.39 is 17.6 Å². The molecule has 146 valence electrons. The standard InChI is InChI=1S/C18H18ClF3N2O3/c1-11-8-13(25)9-14(19)16(11)27-7-3-2-6-23-17(26)15-5-4-12(10-24-15)18(20,21)22/h4-5,8-10,25H,2-3,6-7H2,1H3,(H,23,26). The predicted molar refractivity (Wildman–Crippen MR) is 94.2 cm³/mol. The maximum atomic E-state index is 12.5. The van der Waals surface area contributed by atoms with E-state index in [-0.39, 0.29) is 11.4 Å². The van der Waals surface area contributed by atoms with Crippen LogP contribution < -0.4 is 10.1 Å². The number of unbranched alkanes of at least 4 members (excludes halogenated alkanes) is 1. The number of carbonyl (C=O) groups excluding carboxylic acids is 1. The van der Waals surface area contributed by atoms with Crippen molar-refractivity contribution < 1.29 is 27.8 Å². The van der Waals surface area contributed by atoms with Crippen LogP contribution in [0.1, 0.15) is 34.5 Å². The summed E-state index contributed by atoms with van der Waals surface area (Å²) in [5, 5.41) is 12.3. The Balaban J connectivity index is 1.72. The Morgan fingerprint density at radius 3 is 2.63 bits per heavy atom. The largest absolute Gasteiger partial charge is 0.508 e. The predicted octanol–water partition coefficient (Wildman–Crippen LogP) is 4.36. The van der Waals surface area contributed by atoms with Crippen molar-refractivity contribution in [3.05, 3.63) is 52.3 Å². The van der Waals surface area contributed by atoms with Gasteiger partial charge in [0, 0.05) is 18.8 Å². The highest BCUT2D eigenvalue weighted by Crippen LogP contribution is 2.32. The van der Waals surface area contributed by atoms with Gasteiger partial charge in [0.15, 0.2) is 0 Å². The van der Waals surface area contributed by atoms with Crippen molar-refractivity contribution in [2.75, 3.05) is 13.2 Å². The van der Waals surface area contributed by atoms with Gasteiger partial charge in [-0.05, 0) is 43.5 Å². The van der Waals surface area contributed by atoms with Crippen LogP contribution in [0.25, 0.3) is 0 Å². The minimum Gasteiger partial charge on any atom is -0.508 e. The van der Waals surface area contributed by atoms with Crippen molar-refractivity contribution >= 4 is 17.5 Å². The molecule has 27 heavy (non-hydrogen) atoms. The summed E-state index contributed by atoms with van der Waals surface area (Å²) in [6.07, 6.45) is -2.63. The number of aromatic hydroxyl groups is 1. The van der Waals surface area contributed by atoms with Gasteiger partial charge in [-0.1, -0.05) is 11.6 Å². The van der Waals surface area contributed by atoms with E-state index in [2.05, 4.69) is 10.3 Å². The first-order valence-electron chi connectivity index (χ1n) is 8.12. The Labute approximate surface area is 159 Å². The number of benzene rings is 1. The lowest BCUT2D eigenvalue weighted by molar-refractivity contribution is -0.137. The molecule has 5 nitrogen and oxygen atoms in total. The number of aromatic nitrogens is 1. The Kier molecular flexibility index (Phi) is 6.90. The van der Waals surface area contributed by atoms with Crippen LogP contribution in [-0.4, -0.2) is 29.1 Å². The van der Waals surface area contributed by atoms with Gasteiger partial charge < -0.3 is 15.2 Å². The summed E-state index contributed by atoms with van der Waals surface area (Å²) in [4.78, 5) is 15.4. The average Bonchev–Trinajstić information content (AvgIpc) is 2.58. The summed E-state index contributed by atoms with van der Waals surface area (Å²) in [5.74, 6) is 0.0129. The number of nitrogens with zero attached hydrogens (tertiary/aromatic N) is 1. The molecule has 0 saturated carbocycles. The summed E-state index contributed by atoms with van der Waals surface area (Å²) in [6, 6.07) is 4.79. The number of amides is 1. The molecule has 1 amide bonds. The van der Waals surface area contributed by atoms with Crippen molar-refractivity contribution in [3.63, 3.8) is 0 Å². The number of halogens is 4. The molecule has 0 radical (unpaired) electrons. The molecule has 0 aliphatic heterocycles. The fourth-order valence-electron chi connectivity index (χ4n) is 2.29. The molecule has 0 unspecified atom stereocenters. The van der Waals surface area contributed by atoms with Crippen molar-refractivity contribution in [3.8, 4) is 11.5 Å². The van der Waals surface area contributed by atoms with E-state index in [9.17, 15) is 23.1 Å². The molecule has 2 N–H and O–H groups in total. The van der Waals surface area contributed by atoms with Gasteiger partial charge in [-0.25, -0.2) is 0 Å². The molecule has 2 rings (SSSR count). The fraction of sp³-hybridized carbons (Fsp3) is 0.333. The maximum Gasteiger partial charge on any atom is 0.417 e. The fourth-order valence-corrected chi connectivity index (χ4v) is 2.60. The Morgan fingerprint density at radius 2 is 2.04 bits per heavy atom. The number of rotatable bonds is 7. The van der Waals surface area contributed by atoms with Crippen molar-refractivity contribution in [2.24, 2.45) is 0 Å². The first kappa shape index (κ1) is 20.8. The molecule has 1 aromatic carbocycles. The normalized spacial score (nSPS) is 11.3. The molecule has 0 fully saturated rings. The highest BCUT2D eigenvalue weighted by molar-refractivity contribution is 6.32. The van der Waals surface area contributed by atoms with Gasteiger partial charge in [0.2, 0.25) is 0 Å². The van der Waals surface area contributed by atoms with Crippen LogP contribution in [0.4, 0.5) is 13.2 Å². The zero-order valence-corrected chi connectivity index (χ0v) is 15.2. The van der Waals surface area contributed by atoms with Crippen LogP contribution in [-0.2, 0) is 6.18 Å². The molecule has 1 aromatic heterocycles. The van der Waals surface area contributed by atoms with Crippen LogP contribution in [0.2, 0.25) is 5.02 Å². The van der Waals surface area contributed by atoms with Crippen molar-refractivity contribution in [1.29, 1.82) is 0 Å². The lowest BCUT2D eigenvalue weighted by Crippen LogP contribution is -2.25. The van der Waals surface area contributed by atoms with E-state index in [1.807, 2.05) is 0 Å². The van der Waals surface area contributed by atoms with Crippen LogP contribution in [0, 0.1) is 6.92 Å². The van der Waals surface area contributed by atoms with E-state index in [0.717, 1.165) is 12.1 Å². The average molecular weight is 403 g/mol. The van der Waals surface area contributed by atoms with Crippen LogP contribution in [0.3, 0.4) is 0 Å². The topological polar surface area (TPSA) is 71.5 Å². The molecule has 0 aliphatic carbocycles. The molecular formula is C18H18ClF3N2O3. The summed E-state index contributed by atoms with van der Waals surface area (Å²) in [5.41, 5.74) is -0.271. The number of phenols is 1. The highest BCUT2D eigenvalue weighted by Gasteiger charge is 2.30. The molecule has 1 heterocycles. The van der Waals surface area contributed by atoms with Gasteiger partial charge in [0.05, 0.1) is 17.2 Å². The van der Waals surface area contributed by atoms with Gasteiger partial charge in [0.25, 0.3) is 5.91 Å². The Bertz CT molecular complexity index is 772. The zero-order valence-electron chi connectivity index (χ0n) is 14.4. The minimum absolute atomic E-state index is 0.0597. The minimum atomic E-state index is -4.49. The molecule has 0 aliphatic rings. The van der Waals surface area contributed by atoms with E-state index in [4.69, 9.17) is 16.3 Å². The van der Waals surface area contributed by atoms with Gasteiger partial charge in [-0.15, -0.1) is 0 Å². The maximum absolute atomic E-state index is 12.5. The van der Waals surface area contributed by atoms with E-state index in [1.165, 1.54) is 6.07 Å². The number of hydrogen-bond acceptors (Lipinski definition) is 4. The summed E-state index contributed by atoms with van der Waals surface area (Å²) < 4.78 is 43.0. The second kappa shape index (κ2) is 8.94. The highest BCUT2D eigenvalue weighted by atomic mass is 35.5. The quantitative estimate of drug-likeness (QED) is 0.675. The van der Waals surface area contributed by atoms with E-state index in [1.54, 1.807) is 13.0 Å². The van der Waals surface area contributed by atoms with Gasteiger partial charge >= 0.3 is 6.18 Å². The summed E-state index contributed by atoms with van der Waals surface area (Å²) >= 11 is 6.00. The number of carbonyl (C=O) groups is 1. The van der Waals surface area contributed by atoms with Crippen molar-refractivity contribution in [2.45, 2.75) is 25.9 Å². The van der Waals surface area contributed by atoms with Crippen LogP contribution in [0.5, 0.6) is 11.5 Å². The SMILES string of the molecule is Cc1cc(O)cc(Cl)c1OCCCCNC(=O)c1ccc(C(F)(F)F)cn1. The summed E-state index contributed by atoms with van der Waals surface area (Å²) in [6.45, 7) is 2.45. The van der Waals surface area contributed by atoms with E-state index >= 15 is 0 Å². The molecule has 9 heteroatoms. The lowest BCUT2D eigenvalue weighted by atomic mass is 10.2. The Morgan fingerprint density at radius 1 is 1.30 bits per heavy atom. The monoisotopic (exact) mass is 402 g/mol. The number of hydrogen-bond donors (Lipinski definition) is 2. The number of aryl methyl sites for hydroxylation is 1. The van der Waals surface area contributed by atoms with E-state index in [0.29, 0.717) is 48.5 Å². The number of ether oxygens (including phenoxy) is 1. The Hall–Kier alpha value is -2.48. The third-order valence-corrected chi connectivity index (χ3v) is 3.92. The van der Waals surface area contributed by atoms with Gasteiger partial charge in [0.1, 0.15) is 17.2 Å². The number of nitrogens with one attached hydrogen (secondary N) is 1. The molecule has 0 bridgehead atoms. The third-order valence-electron chi connectivity index (χ3n) is 3.64. The van der Waals surface area contributed by atoms with Crippen LogP contribution >= 0.6 is 11.6 Å². The van der Waals surface area contributed by atoms with Gasteiger partial charge in [-0.3, -0.25) is 9.78 Å². The molecule has 0 spiro atoms. The lowest BCUT2D eigenvalue weighted by Gasteiger charge is -2.11. The van der Waals surface area contributed by atoms with Crippen molar-refractivity contribution in [1.82, 2.24) is 10.3 Å². The second-order valence-electron chi connectivity index (χ2n) is 5.81. The number of alkyl halides is 3. The third kappa shape index (κ3) is 6.02. The van der Waals surface area contributed by atoms with Gasteiger partial charge in [-0.2, -0.15) is 13.2 Å². The molecule has 0 atom stereocenters. The molecular weight excluding hydrogens is 385 g/mol. The zero-order chi connectivity index (χ0) is 20.0. The first-order chi connectivity index (χ1) is 12.7. The molecule has 2 aromatic rings. The smallest absolute Gasteiger partial charge is 0.417 e. The second-order valence-corrected chi connectivity index (χ2v) is 6.22. The number of phenolic OH excluding ortho intramolecular Hbond substituents is 1. The summed E-state index contributed by atoms with van der Waals surface area (Å²) in [7, 11) is 0. The number of pyridine rings is 1. The molecule has 0 saturated heterocycles. The first-order valence-corrected chi connectivity index (χ1v) is 8.49.